The van der Waals surface area contributed by atoms with E-state index in [-0.39, 0.29) is 30.2 Å². The van der Waals surface area contributed by atoms with E-state index in [0.717, 1.165) is 22.3 Å². The zero-order valence-corrected chi connectivity index (χ0v) is 22.8. The summed E-state index contributed by atoms with van der Waals surface area (Å²) in [5.74, 6) is -0.707. The maximum absolute atomic E-state index is 15.2. The standard InChI is InChI=1S/C34H29FO6/c1-22(20-38-3)33(36)40-29-14-9-25(10-15-29)24-5-7-27(8-6-24)31-18-13-28(19-32(31)35)26-11-16-30(17-12-26)41-34(37)23(2)21-39-4/h5-19H,1-2,20-21H2,3-4H3. The van der Waals surface area contributed by atoms with Crippen LogP contribution in [0.25, 0.3) is 33.4 Å². The highest BCUT2D eigenvalue weighted by molar-refractivity contribution is 5.90. The lowest BCUT2D eigenvalue weighted by molar-refractivity contribution is -0.131. The number of methoxy groups -OCH3 is 2. The van der Waals surface area contributed by atoms with Crippen LogP contribution in [0.15, 0.2) is 115 Å². The van der Waals surface area contributed by atoms with Crippen molar-refractivity contribution in [2.24, 2.45) is 0 Å². The fourth-order valence-electron chi connectivity index (χ4n) is 4.03. The van der Waals surface area contributed by atoms with Gasteiger partial charge < -0.3 is 18.9 Å². The van der Waals surface area contributed by atoms with E-state index in [1.54, 1.807) is 42.5 Å². The molecule has 7 heteroatoms. The molecule has 4 rings (SSSR count). The van der Waals surface area contributed by atoms with Crippen LogP contribution >= 0.6 is 0 Å². The van der Waals surface area contributed by atoms with Crippen molar-refractivity contribution < 1.29 is 32.9 Å². The van der Waals surface area contributed by atoms with E-state index < -0.39 is 11.9 Å². The highest BCUT2D eigenvalue weighted by Crippen LogP contribution is 2.31. The topological polar surface area (TPSA) is 71.1 Å². The van der Waals surface area contributed by atoms with Crippen LogP contribution in [0.2, 0.25) is 0 Å². The summed E-state index contributed by atoms with van der Waals surface area (Å²) in [5.41, 5.74) is 4.96. The minimum Gasteiger partial charge on any atom is -0.423 e. The fraction of sp³-hybridized carbons (Fsp3) is 0.118. The van der Waals surface area contributed by atoms with Crippen molar-refractivity contribution in [3.8, 4) is 44.9 Å². The third-order valence-electron chi connectivity index (χ3n) is 6.18. The van der Waals surface area contributed by atoms with E-state index in [1.807, 2.05) is 42.5 Å². The van der Waals surface area contributed by atoms with Gasteiger partial charge in [-0.2, -0.15) is 0 Å². The summed E-state index contributed by atoms with van der Waals surface area (Å²) in [4.78, 5) is 24.0. The summed E-state index contributed by atoms with van der Waals surface area (Å²) in [7, 11) is 2.95. The predicted molar refractivity (Wildman–Crippen MR) is 156 cm³/mol. The molecule has 0 fully saturated rings. The Morgan fingerprint density at radius 3 is 1.37 bits per heavy atom. The third kappa shape index (κ3) is 7.42. The first-order valence-electron chi connectivity index (χ1n) is 12.7. The Morgan fingerprint density at radius 1 is 0.585 bits per heavy atom. The molecule has 4 aromatic carbocycles. The third-order valence-corrected chi connectivity index (χ3v) is 6.18. The number of rotatable bonds is 11. The van der Waals surface area contributed by atoms with Crippen LogP contribution in [-0.4, -0.2) is 39.4 Å². The Balaban J connectivity index is 1.42. The Labute approximate surface area is 238 Å². The van der Waals surface area contributed by atoms with E-state index in [9.17, 15) is 9.59 Å². The van der Waals surface area contributed by atoms with Crippen molar-refractivity contribution in [3.05, 3.63) is 121 Å². The molecule has 0 saturated heterocycles. The molecule has 0 aliphatic carbocycles. The van der Waals surface area contributed by atoms with Crippen molar-refractivity contribution >= 4 is 11.9 Å². The molecule has 41 heavy (non-hydrogen) atoms. The second-order valence-corrected chi connectivity index (χ2v) is 9.17. The molecular formula is C34H29FO6. The Kier molecular flexibility index (Phi) is 9.58. The van der Waals surface area contributed by atoms with E-state index in [2.05, 4.69) is 13.2 Å². The zero-order chi connectivity index (χ0) is 29.4. The lowest BCUT2D eigenvalue weighted by Crippen LogP contribution is -2.13. The Bertz CT molecular complexity index is 1550. The molecule has 0 spiro atoms. The van der Waals surface area contributed by atoms with Crippen LogP contribution in [0.4, 0.5) is 4.39 Å². The first kappa shape index (κ1) is 29.1. The molecular weight excluding hydrogens is 523 g/mol. The zero-order valence-electron chi connectivity index (χ0n) is 22.8. The maximum atomic E-state index is 15.2. The summed E-state index contributed by atoms with van der Waals surface area (Å²) in [6.45, 7) is 7.46. The minimum absolute atomic E-state index is 0.0874. The highest BCUT2D eigenvalue weighted by atomic mass is 19.1. The van der Waals surface area contributed by atoms with Crippen LogP contribution in [0.1, 0.15) is 0 Å². The first-order chi connectivity index (χ1) is 19.8. The number of halogens is 1. The Hall–Kier alpha value is -4.85. The van der Waals surface area contributed by atoms with Crippen LogP contribution in [0, 0.1) is 5.82 Å². The lowest BCUT2D eigenvalue weighted by atomic mass is 9.97. The molecule has 0 N–H and O–H groups in total. The molecule has 0 heterocycles. The fourth-order valence-corrected chi connectivity index (χ4v) is 4.03. The van der Waals surface area contributed by atoms with E-state index in [0.29, 0.717) is 22.6 Å². The predicted octanol–water partition coefficient (Wildman–Crippen LogP) is 7.04. The lowest BCUT2D eigenvalue weighted by Gasteiger charge is -2.10. The number of esters is 2. The van der Waals surface area contributed by atoms with Crippen molar-refractivity contribution in [1.82, 2.24) is 0 Å². The number of carbonyl (C=O) groups excluding carboxylic acids is 2. The van der Waals surface area contributed by atoms with E-state index >= 15 is 4.39 Å². The number of hydrogen-bond donors (Lipinski definition) is 0. The highest BCUT2D eigenvalue weighted by Gasteiger charge is 2.12. The summed E-state index contributed by atoms with van der Waals surface area (Å²) in [6.07, 6.45) is 0. The molecule has 4 aromatic rings. The minimum atomic E-state index is -0.566. The average Bonchev–Trinajstić information content (AvgIpc) is 2.98. The summed E-state index contributed by atoms with van der Waals surface area (Å²) in [5, 5.41) is 0. The van der Waals surface area contributed by atoms with Gasteiger partial charge in [0.15, 0.2) is 0 Å². The SMILES string of the molecule is C=C(COC)C(=O)Oc1ccc(-c2ccc(-c3ccc(-c4ccc(OC(=O)C(=C)COC)cc4)cc3F)cc2)cc1. The number of carbonyl (C=O) groups is 2. The number of ether oxygens (including phenoxy) is 4. The molecule has 0 aromatic heterocycles. The van der Waals surface area contributed by atoms with Crippen molar-refractivity contribution in [1.29, 1.82) is 0 Å². The van der Waals surface area contributed by atoms with Crippen molar-refractivity contribution in [2.75, 3.05) is 27.4 Å². The maximum Gasteiger partial charge on any atom is 0.341 e. The van der Waals surface area contributed by atoms with Crippen LogP contribution in [0.3, 0.4) is 0 Å². The molecule has 0 aliphatic heterocycles. The van der Waals surface area contributed by atoms with Gasteiger partial charge >= 0.3 is 11.9 Å². The molecule has 0 bridgehead atoms. The van der Waals surface area contributed by atoms with Crippen molar-refractivity contribution in [2.45, 2.75) is 0 Å². The van der Waals surface area contributed by atoms with Gasteiger partial charge in [0.25, 0.3) is 0 Å². The van der Waals surface area contributed by atoms with Gasteiger partial charge in [0.2, 0.25) is 0 Å². The molecule has 0 radical (unpaired) electrons. The van der Waals surface area contributed by atoms with E-state index in [4.69, 9.17) is 18.9 Å². The first-order valence-corrected chi connectivity index (χ1v) is 12.7. The van der Waals surface area contributed by atoms with Gasteiger partial charge in [0.1, 0.15) is 17.3 Å². The van der Waals surface area contributed by atoms with Crippen molar-refractivity contribution in [3.63, 3.8) is 0 Å². The summed E-state index contributed by atoms with van der Waals surface area (Å²) >= 11 is 0. The number of hydrogen-bond acceptors (Lipinski definition) is 6. The van der Waals surface area contributed by atoms with Crippen LogP contribution < -0.4 is 9.47 Å². The van der Waals surface area contributed by atoms with E-state index in [1.165, 1.54) is 20.3 Å². The van der Waals surface area contributed by atoms with Gasteiger partial charge in [-0.3, -0.25) is 0 Å². The van der Waals surface area contributed by atoms with Gasteiger partial charge in [-0.1, -0.05) is 73.8 Å². The monoisotopic (exact) mass is 552 g/mol. The molecule has 0 saturated carbocycles. The molecule has 0 aliphatic rings. The molecule has 0 amide bonds. The van der Waals surface area contributed by atoms with Gasteiger partial charge in [-0.15, -0.1) is 0 Å². The largest absolute Gasteiger partial charge is 0.423 e. The Morgan fingerprint density at radius 2 is 0.951 bits per heavy atom. The van der Waals surface area contributed by atoms with Gasteiger partial charge in [-0.25, -0.2) is 14.0 Å². The van der Waals surface area contributed by atoms with Gasteiger partial charge in [0.05, 0.1) is 24.4 Å². The smallest absolute Gasteiger partial charge is 0.341 e. The second kappa shape index (κ2) is 13.5. The average molecular weight is 553 g/mol. The number of benzene rings is 4. The van der Waals surface area contributed by atoms with Gasteiger partial charge in [0, 0.05) is 19.8 Å². The quantitative estimate of drug-likeness (QED) is 0.113. The van der Waals surface area contributed by atoms with Crippen LogP contribution in [-0.2, 0) is 19.1 Å². The molecule has 0 unspecified atom stereocenters. The summed E-state index contributed by atoms with van der Waals surface area (Å²) < 4.78 is 35.5. The summed E-state index contributed by atoms with van der Waals surface area (Å²) in [6, 6.07) is 26.5. The normalized spacial score (nSPS) is 10.6. The molecule has 6 nitrogen and oxygen atoms in total. The molecule has 0 atom stereocenters. The van der Waals surface area contributed by atoms with Gasteiger partial charge in [-0.05, 0) is 58.1 Å². The second-order valence-electron chi connectivity index (χ2n) is 9.17. The van der Waals surface area contributed by atoms with Crippen LogP contribution in [0.5, 0.6) is 11.5 Å². The molecule has 208 valence electrons.